The van der Waals surface area contributed by atoms with Crippen LogP contribution in [0.2, 0.25) is 0 Å². The number of ketones is 1. The molecule has 4 heterocycles. The Labute approximate surface area is 208 Å². The minimum absolute atomic E-state index is 0.0263. The third-order valence-electron chi connectivity index (χ3n) is 6.18. The van der Waals surface area contributed by atoms with Crippen LogP contribution in [-0.4, -0.2) is 28.6 Å². The largest absolute Gasteiger partial charge is 0.507 e. The molecule has 0 saturated carbocycles. The van der Waals surface area contributed by atoms with Crippen LogP contribution < -0.4 is 14.4 Å². The van der Waals surface area contributed by atoms with Gasteiger partial charge in [0.15, 0.2) is 16.6 Å². The summed E-state index contributed by atoms with van der Waals surface area (Å²) in [4.78, 5) is 33.5. The molecule has 7 nitrogen and oxygen atoms in total. The van der Waals surface area contributed by atoms with Crippen LogP contribution in [0.5, 0.6) is 11.5 Å². The van der Waals surface area contributed by atoms with Gasteiger partial charge in [0.2, 0.25) is 6.79 Å². The molecule has 1 amide bonds. The molecule has 2 aliphatic rings. The lowest BCUT2D eigenvalue weighted by Crippen LogP contribution is -2.28. The molecule has 1 atom stereocenters. The summed E-state index contributed by atoms with van der Waals surface area (Å²) in [6.45, 7) is 4.33. The molecule has 176 valence electrons. The molecule has 4 aromatic rings. The third-order valence-corrected chi connectivity index (χ3v) is 8.12. The lowest BCUT2D eigenvalue weighted by atomic mass is 9.99. The van der Waals surface area contributed by atoms with Gasteiger partial charge in [-0.1, -0.05) is 37.3 Å². The highest BCUT2D eigenvalue weighted by molar-refractivity contribution is 7.22. The number of benzene rings is 2. The summed E-state index contributed by atoms with van der Waals surface area (Å²) in [5.74, 6) is -0.331. The molecule has 0 bridgehead atoms. The third kappa shape index (κ3) is 3.50. The van der Waals surface area contributed by atoms with Gasteiger partial charge >= 0.3 is 5.91 Å². The molecular formula is C26H20N2O5S2. The van der Waals surface area contributed by atoms with E-state index in [1.807, 2.05) is 29.6 Å². The van der Waals surface area contributed by atoms with Crippen LogP contribution >= 0.6 is 22.7 Å². The van der Waals surface area contributed by atoms with Crippen LogP contribution in [0.15, 0.2) is 59.5 Å². The molecule has 9 heteroatoms. The molecule has 2 aromatic carbocycles. The van der Waals surface area contributed by atoms with Gasteiger partial charge in [-0.05, 0) is 53.3 Å². The summed E-state index contributed by atoms with van der Waals surface area (Å²) in [6.07, 6.45) is 0. The average molecular weight is 505 g/mol. The van der Waals surface area contributed by atoms with Crippen molar-refractivity contribution >= 4 is 55.5 Å². The van der Waals surface area contributed by atoms with Crippen LogP contribution in [-0.2, 0) is 9.59 Å². The Morgan fingerprint density at radius 1 is 1.11 bits per heavy atom. The number of hydrogen-bond donors (Lipinski definition) is 1. The second-order valence-corrected chi connectivity index (χ2v) is 10.6. The first-order chi connectivity index (χ1) is 16.9. The molecular weight excluding hydrogens is 484 g/mol. The van der Waals surface area contributed by atoms with Gasteiger partial charge < -0.3 is 14.6 Å². The van der Waals surface area contributed by atoms with E-state index >= 15 is 0 Å². The molecule has 0 radical (unpaired) electrons. The van der Waals surface area contributed by atoms with Crippen molar-refractivity contribution in [2.24, 2.45) is 0 Å². The normalized spacial score (nSPS) is 18.8. The van der Waals surface area contributed by atoms with E-state index in [0.717, 1.165) is 15.1 Å². The van der Waals surface area contributed by atoms with Crippen LogP contribution in [0, 0.1) is 0 Å². The predicted octanol–water partition coefficient (Wildman–Crippen LogP) is 5.84. The Morgan fingerprint density at radius 2 is 1.94 bits per heavy atom. The van der Waals surface area contributed by atoms with Crippen molar-refractivity contribution in [3.05, 3.63) is 75.5 Å². The SMILES string of the molecule is CC(C)c1ccc2nc(N3C(=O)C(=O)/C(=C(/O)c4ccc5c(c4)OCO5)C3c3cccs3)sc2c1. The number of ether oxygens (including phenoxy) is 2. The second-order valence-electron chi connectivity index (χ2n) is 8.63. The van der Waals surface area contributed by atoms with Crippen molar-refractivity contribution in [2.75, 3.05) is 11.7 Å². The van der Waals surface area contributed by atoms with Crippen molar-refractivity contribution in [3.63, 3.8) is 0 Å². The maximum absolute atomic E-state index is 13.4. The van der Waals surface area contributed by atoms with E-state index < -0.39 is 17.7 Å². The van der Waals surface area contributed by atoms with Crippen LogP contribution in [0.3, 0.4) is 0 Å². The topological polar surface area (TPSA) is 89.0 Å². The maximum atomic E-state index is 13.4. The van der Waals surface area contributed by atoms with Crippen molar-refractivity contribution in [3.8, 4) is 11.5 Å². The van der Waals surface area contributed by atoms with Gasteiger partial charge in [-0.15, -0.1) is 11.3 Å². The van der Waals surface area contributed by atoms with E-state index in [0.29, 0.717) is 28.1 Å². The van der Waals surface area contributed by atoms with Gasteiger partial charge in [-0.3, -0.25) is 14.5 Å². The summed E-state index contributed by atoms with van der Waals surface area (Å²) in [5, 5.41) is 13.6. The second kappa shape index (κ2) is 8.21. The first-order valence-electron chi connectivity index (χ1n) is 11.1. The quantitative estimate of drug-likeness (QED) is 0.214. The highest BCUT2D eigenvalue weighted by Gasteiger charge is 2.48. The Balaban J connectivity index is 1.50. The number of thiazole rings is 1. The van der Waals surface area contributed by atoms with Crippen LogP contribution in [0.4, 0.5) is 5.13 Å². The Hall–Kier alpha value is -3.69. The lowest BCUT2D eigenvalue weighted by molar-refractivity contribution is -0.132. The number of hydrogen-bond acceptors (Lipinski definition) is 8. The number of amides is 1. The van der Waals surface area contributed by atoms with E-state index in [1.165, 1.54) is 33.1 Å². The summed E-state index contributed by atoms with van der Waals surface area (Å²) in [6, 6.07) is 13.9. The summed E-state index contributed by atoms with van der Waals surface area (Å²) in [5.41, 5.74) is 2.34. The molecule has 1 fully saturated rings. The van der Waals surface area contributed by atoms with Crippen molar-refractivity contribution in [1.82, 2.24) is 4.98 Å². The van der Waals surface area contributed by atoms with Crippen LogP contribution in [0.1, 0.15) is 41.8 Å². The molecule has 35 heavy (non-hydrogen) atoms. The van der Waals surface area contributed by atoms with Crippen molar-refractivity contribution < 1.29 is 24.2 Å². The average Bonchev–Trinajstić information content (AvgIpc) is 3.64. The number of carbonyl (C=O) groups is 2. The number of anilines is 1. The van der Waals surface area contributed by atoms with Gasteiger partial charge in [0.1, 0.15) is 11.8 Å². The molecule has 0 aliphatic carbocycles. The standard InChI is InChI=1S/C26H20N2O5S2/c1-13(2)14-5-7-16-20(11-14)35-26(27-16)28-22(19-4-3-9-34-19)21(24(30)25(28)31)23(29)15-6-8-17-18(10-15)33-12-32-17/h3-11,13,22,29H,12H2,1-2H3/b23-21+. The molecule has 2 aliphatic heterocycles. The fourth-order valence-electron chi connectivity index (χ4n) is 4.34. The summed E-state index contributed by atoms with van der Waals surface area (Å²) >= 11 is 2.78. The summed E-state index contributed by atoms with van der Waals surface area (Å²) < 4.78 is 11.7. The maximum Gasteiger partial charge on any atom is 0.301 e. The van der Waals surface area contributed by atoms with Gasteiger partial charge in [-0.2, -0.15) is 0 Å². The molecule has 1 unspecified atom stereocenters. The van der Waals surface area contributed by atoms with E-state index in [-0.39, 0.29) is 18.1 Å². The molecule has 0 spiro atoms. The molecule has 1 saturated heterocycles. The Kier molecular flexibility index (Phi) is 5.12. The van der Waals surface area contributed by atoms with E-state index in [2.05, 4.69) is 24.9 Å². The van der Waals surface area contributed by atoms with E-state index in [1.54, 1.807) is 18.2 Å². The fraction of sp³-hybridized carbons (Fsp3) is 0.192. The highest BCUT2D eigenvalue weighted by atomic mass is 32.1. The summed E-state index contributed by atoms with van der Waals surface area (Å²) in [7, 11) is 0. The Morgan fingerprint density at radius 3 is 2.71 bits per heavy atom. The first-order valence-corrected chi connectivity index (χ1v) is 12.8. The van der Waals surface area contributed by atoms with E-state index in [9.17, 15) is 14.7 Å². The smallest absolute Gasteiger partial charge is 0.301 e. The van der Waals surface area contributed by atoms with Crippen molar-refractivity contribution in [1.29, 1.82) is 0 Å². The lowest BCUT2D eigenvalue weighted by Gasteiger charge is -2.21. The number of nitrogens with zero attached hydrogens (tertiary/aromatic N) is 2. The number of aliphatic hydroxyl groups excluding tert-OH is 1. The van der Waals surface area contributed by atoms with E-state index in [4.69, 9.17) is 9.47 Å². The first kappa shape index (κ1) is 21.8. The fourth-order valence-corrected chi connectivity index (χ4v) is 6.20. The van der Waals surface area contributed by atoms with Gasteiger partial charge in [0.05, 0.1) is 15.8 Å². The molecule has 1 N–H and O–H groups in total. The molecule has 2 aromatic heterocycles. The number of fused-ring (bicyclic) bond motifs is 2. The minimum atomic E-state index is -0.787. The Bertz CT molecular complexity index is 1520. The van der Waals surface area contributed by atoms with Crippen molar-refractivity contribution in [2.45, 2.75) is 25.8 Å². The van der Waals surface area contributed by atoms with Crippen LogP contribution in [0.25, 0.3) is 16.0 Å². The number of aromatic nitrogens is 1. The predicted molar refractivity (Wildman–Crippen MR) is 135 cm³/mol. The zero-order valence-corrected chi connectivity index (χ0v) is 20.5. The zero-order valence-electron chi connectivity index (χ0n) is 18.8. The number of thiophene rings is 1. The number of carbonyl (C=O) groups excluding carboxylic acids is 2. The molecule has 6 rings (SSSR count). The number of Topliss-reactive ketones (excluding diaryl/α,β-unsaturated/α-hetero) is 1. The number of rotatable bonds is 4. The van der Waals surface area contributed by atoms with Gasteiger partial charge in [-0.25, -0.2) is 4.98 Å². The number of aliphatic hydroxyl groups is 1. The van der Waals surface area contributed by atoms with Gasteiger partial charge in [0, 0.05) is 10.4 Å². The zero-order chi connectivity index (χ0) is 24.3. The monoisotopic (exact) mass is 504 g/mol. The van der Waals surface area contributed by atoms with Gasteiger partial charge in [0.25, 0.3) is 5.78 Å². The minimum Gasteiger partial charge on any atom is -0.507 e. The highest BCUT2D eigenvalue weighted by Crippen LogP contribution is 2.46.